The molecular formula is C24H20F4N2O. The summed E-state index contributed by atoms with van der Waals surface area (Å²) in [5.74, 6) is -0.525. The first kappa shape index (κ1) is 21.1. The number of anilines is 1. The number of nitrogens with one attached hydrogen (secondary N) is 2. The summed E-state index contributed by atoms with van der Waals surface area (Å²) in [5, 5.41) is 5.97. The maximum absolute atomic E-state index is 13.7. The first-order valence-corrected chi connectivity index (χ1v) is 9.86. The number of carbonyl (C=O) groups excluding carboxylic acids is 1. The molecule has 0 spiro atoms. The first-order chi connectivity index (χ1) is 14.8. The Labute approximate surface area is 177 Å². The minimum Gasteiger partial charge on any atom is -0.322 e. The van der Waals surface area contributed by atoms with Gasteiger partial charge in [-0.05, 0) is 48.4 Å². The fourth-order valence-corrected chi connectivity index (χ4v) is 3.53. The molecule has 160 valence electrons. The van der Waals surface area contributed by atoms with Crippen LogP contribution in [0.5, 0.6) is 0 Å². The molecule has 0 heterocycles. The summed E-state index contributed by atoms with van der Waals surface area (Å²) < 4.78 is 52.2. The van der Waals surface area contributed by atoms with Crippen molar-refractivity contribution in [3.05, 3.63) is 101 Å². The molecule has 7 heteroatoms. The lowest BCUT2D eigenvalue weighted by molar-refractivity contribution is -0.137. The van der Waals surface area contributed by atoms with E-state index < -0.39 is 17.6 Å². The van der Waals surface area contributed by atoms with E-state index in [9.17, 15) is 22.4 Å². The van der Waals surface area contributed by atoms with E-state index in [1.807, 2.05) is 12.1 Å². The number of hydrogen-bond acceptors (Lipinski definition) is 2. The molecule has 1 aliphatic rings. The number of amides is 1. The summed E-state index contributed by atoms with van der Waals surface area (Å²) in [6.45, 7) is 0.457. The van der Waals surface area contributed by atoms with E-state index in [0.29, 0.717) is 23.7 Å². The molecule has 31 heavy (non-hydrogen) atoms. The zero-order valence-corrected chi connectivity index (χ0v) is 16.4. The normalized spacial score (nSPS) is 17.9. The zero-order chi connectivity index (χ0) is 22.0. The van der Waals surface area contributed by atoms with Crippen molar-refractivity contribution in [3.8, 4) is 0 Å². The van der Waals surface area contributed by atoms with Gasteiger partial charge in [0.15, 0.2) is 0 Å². The van der Waals surface area contributed by atoms with Crippen LogP contribution in [0.25, 0.3) is 0 Å². The number of alkyl halides is 3. The van der Waals surface area contributed by atoms with E-state index >= 15 is 0 Å². The maximum atomic E-state index is 13.7. The van der Waals surface area contributed by atoms with Crippen molar-refractivity contribution in [2.24, 2.45) is 0 Å². The second kappa shape index (κ2) is 8.51. The lowest BCUT2D eigenvalue weighted by atomic mass is 10.1. The highest BCUT2D eigenvalue weighted by Crippen LogP contribution is 2.41. The van der Waals surface area contributed by atoms with Gasteiger partial charge >= 0.3 is 6.18 Å². The van der Waals surface area contributed by atoms with Crippen LogP contribution in [0.2, 0.25) is 0 Å². The van der Waals surface area contributed by atoms with Crippen LogP contribution in [0, 0.1) is 5.82 Å². The summed E-state index contributed by atoms with van der Waals surface area (Å²) in [4.78, 5) is 12.3. The third kappa shape index (κ3) is 5.11. The molecule has 0 saturated heterocycles. The van der Waals surface area contributed by atoms with Crippen LogP contribution in [-0.4, -0.2) is 11.9 Å². The molecule has 2 N–H and O–H groups in total. The highest BCUT2D eigenvalue weighted by Gasteiger charge is 2.37. The monoisotopic (exact) mass is 428 g/mol. The van der Waals surface area contributed by atoms with Gasteiger partial charge in [0.2, 0.25) is 0 Å². The van der Waals surface area contributed by atoms with E-state index in [4.69, 9.17) is 0 Å². The van der Waals surface area contributed by atoms with Crippen molar-refractivity contribution in [1.82, 2.24) is 5.32 Å². The molecule has 2 atom stereocenters. The molecule has 0 aliphatic heterocycles. The Balaban J connectivity index is 1.33. The average Bonchev–Trinajstić information content (AvgIpc) is 3.53. The van der Waals surface area contributed by atoms with Crippen LogP contribution in [0.15, 0.2) is 72.8 Å². The van der Waals surface area contributed by atoms with Crippen LogP contribution in [0.3, 0.4) is 0 Å². The van der Waals surface area contributed by atoms with Crippen LogP contribution in [0.1, 0.15) is 39.4 Å². The smallest absolute Gasteiger partial charge is 0.322 e. The summed E-state index contributed by atoms with van der Waals surface area (Å²) >= 11 is 0. The predicted octanol–water partition coefficient (Wildman–Crippen LogP) is 5.74. The van der Waals surface area contributed by atoms with Gasteiger partial charge in [-0.15, -0.1) is 0 Å². The standard InChI is InChI=1S/C24H20F4N2O/c25-21-7-2-1-4-17(21)14-29-22-13-20(22)15-8-10-19(11-9-15)30-23(31)16-5-3-6-18(12-16)24(26,27)28/h1-12,20,22,29H,13-14H2,(H,30,31)/t20-,22+/m0/s1. The first-order valence-electron chi connectivity index (χ1n) is 9.86. The Hall–Kier alpha value is -3.19. The Morgan fingerprint density at radius 3 is 2.42 bits per heavy atom. The summed E-state index contributed by atoms with van der Waals surface area (Å²) in [6.07, 6.45) is -3.57. The molecule has 3 aromatic carbocycles. The fraction of sp³-hybridized carbons (Fsp3) is 0.208. The van der Waals surface area contributed by atoms with E-state index in [0.717, 1.165) is 24.1 Å². The predicted molar refractivity (Wildman–Crippen MR) is 110 cm³/mol. The number of rotatable bonds is 6. The Bertz CT molecular complexity index is 1080. The average molecular weight is 428 g/mol. The van der Waals surface area contributed by atoms with E-state index in [2.05, 4.69) is 10.6 Å². The van der Waals surface area contributed by atoms with Crippen LogP contribution >= 0.6 is 0 Å². The van der Waals surface area contributed by atoms with Crippen molar-refractivity contribution in [3.63, 3.8) is 0 Å². The molecule has 1 aliphatic carbocycles. The van der Waals surface area contributed by atoms with Gasteiger partial charge in [-0.1, -0.05) is 36.4 Å². The molecule has 3 nitrogen and oxygen atoms in total. The van der Waals surface area contributed by atoms with Gasteiger partial charge in [0.05, 0.1) is 5.56 Å². The molecule has 0 unspecified atom stereocenters. The van der Waals surface area contributed by atoms with Gasteiger partial charge in [0.25, 0.3) is 5.91 Å². The van der Waals surface area contributed by atoms with Crippen LogP contribution in [0.4, 0.5) is 23.2 Å². The lowest BCUT2D eigenvalue weighted by Crippen LogP contribution is -2.18. The largest absolute Gasteiger partial charge is 0.416 e. The summed E-state index contributed by atoms with van der Waals surface area (Å²) in [6, 6.07) is 18.5. The van der Waals surface area contributed by atoms with Gasteiger partial charge in [-0.2, -0.15) is 13.2 Å². The van der Waals surface area contributed by atoms with Gasteiger partial charge < -0.3 is 10.6 Å². The Kier molecular flexibility index (Phi) is 5.78. The van der Waals surface area contributed by atoms with Crippen molar-refractivity contribution >= 4 is 11.6 Å². The second-order valence-corrected chi connectivity index (χ2v) is 7.58. The van der Waals surface area contributed by atoms with Gasteiger partial charge in [-0.3, -0.25) is 4.79 Å². The molecule has 1 fully saturated rings. The van der Waals surface area contributed by atoms with E-state index in [1.165, 1.54) is 18.2 Å². The second-order valence-electron chi connectivity index (χ2n) is 7.58. The number of carbonyl (C=O) groups is 1. The highest BCUT2D eigenvalue weighted by atomic mass is 19.4. The Morgan fingerprint density at radius 1 is 0.968 bits per heavy atom. The Morgan fingerprint density at radius 2 is 1.71 bits per heavy atom. The molecule has 1 amide bonds. The molecule has 3 aromatic rings. The molecule has 0 bridgehead atoms. The number of hydrogen-bond donors (Lipinski definition) is 2. The number of halogens is 4. The molecule has 0 aromatic heterocycles. The minimum absolute atomic E-state index is 0.0569. The summed E-state index contributed by atoms with van der Waals surface area (Å²) in [5.41, 5.74) is 1.29. The van der Waals surface area contributed by atoms with Gasteiger partial charge in [-0.25, -0.2) is 4.39 Å². The van der Waals surface area contributed by atoms with Crippen LogP contribution < -0.4 is 10.6 Å². The van der Waals surface area contributed by atoms with Crippen molar-refractivity contribution in [2.45, 2.75) is 31.1 Å². The van der Waals surface area contributed by atoms with Crippen LogP contribution in [-0.2, 0) is 12.7 Å². The molecule has 1 saturated carbocycles. The molecule has 0 radical (unpaired) electrons. The molecule has 4 rings (SSSR count). The SMILES string of the molecule is O=C(Nc1ccc([C@@H]2C[C@H]2NCc2ccccc2F)cc1)c1cccc(C(F)(F)F)c1. The molecular weight excluding hydrogens is 408 g/mol. The zero-order valence-electron chi connectivity index (χ0n) is 16.4. The van der Waals surface area contributed by atoms with Crippen molar-refractivity contribution in [1.29, 1.82) is 0 Å². The maximum Gasteiger partial charge on any atom is 0.416 e. The summed E-state index contributed by atoms with van der Waals surface area (Å²) in [7, 11) is 0. The van der Waals surface area contributed by atoms with Crippen molar-refractivity contribution < 1.29 is 22.4 Å². The quantitative estimate of drug-likeness (QED) is 0.492. The minimum atomic E-state index is -4.50. The topological polar surface area (TPSA) is 41.1 Å². The van der Waals surface area contributed by atoms with Gasteiger partial charge in [0, 0.05) is 35.3 Å². The third-order valence-electron chi connectivity index (χ3n) is 5.35. The van der Waals surface area contributed by atoms with Gasteiger partial charge in [0.1, 0.15) is 5.82 Å². The fourth-order valence-electron chi connectivity index (χ4n) is 3.53. The van der Waals surface area contributed by atoms with Crippen molar-refractivity contribution in [2.75, 3.05) is 5.32 Å². The highest BCUT2D eigenvalue weighted by molar-refractivity contribution is 6.04. The van der Waals surface area contributed by atoms with E-state index in [1.54, 1.807) is 30.3 Å². The number of benzene rings is 3. The van der Waals surface area contributed by atoms with E-state index in [-0.39, 0.29) is 17.4 Å². The third-order valence-corrected chi connectivity index (χ3v) is 5.35. The lowest BCUT2D eigenvalue weighted by Gasteiger charge is -2.10.